The highest BCUT2D eigenvalue weighted by atomic mass is 32.1. The number of pyridine rings is 1. The molecule has 0 radical (unpaired) electrons. The molecule has 0 saturated heterocycles. The molecule has 1 aromatic heterocycles. The summed E-state index contributed by atoms with van der Waals surface area (Å²) >= 11 is 5.27. The van der Waals surface area contributed by atoms with Crippen LogP contribution in [0.1, 0.15) is 50.0 Å². The lowest BCUT2D eigenvalue weighted by Gasteiger charge is -2.22. The third-order valence-electron chi connectivity index (χ3n) is 4.22. The molecule has 0 unspecified atom stereocenters. The minimum Gasteiger partial charge on any atom is -0.506 e. The van der Waals surface area contributed by atoms with E-state index in [1.165, 1.54) is 0 Å². The number of aromatic nitrogens is 1. The minimum absolute atomic E-state index is 0.00685. The monoisotopic (exact) mass is 417 g/mol. The van der Waals surface area contributed by atoms with Gasteiger partial charge in [0.05, 0.1) is 24.8 Å². The summed E-state index contributed by atoms with van der Waals surface area (Å²) in [6.07, 6.45) is 1.73. The van der Waals surface area contributed by atoms with Crippen molar-refractivity contribution in [3.05, 3.63) is 33.7 Å². The molecule has 0 amide bonds. The van der Waals surface area contributed by atoms with Gasteiger partial charge in [0.15, 0.2) is 17.5 Å². The molecule has 1 heterocycles. The summed E-state index contributed by atoms with van der Waals surface area (Å²) in [5.74, 6) is -6.40. The van der Waals surface area contributed by atoms with Gasteiger partial charge in [-0.05, 0) is 26.3 Å². The number of esters is 1. The van der Waals surface area contributed by atoms with Crippen LogP contribution in [-0.4, -0.2) is 35.5 Å². The van der Waals surface area contributed by atoms with Crippen LogP contribution in [0.25, 0.3) is 10.9 Å². The number of hydrogen-bond acceptors (Lipinski definition) is 5. The zero-order valence-corrected chi connectivity index (χ0v) is 16.7. The SMILES string of the molecule is CCCCOC[C@H](C)n1c(=S)c(C(=O)OCC)c(O)c2cc(F)c(F)c(F)c21. The van der Waals surface area contributed by atoms with Gasteiger partial charge in [0, 0.05) is 12.0 Å². The van der Waals surface area contributed by atoms with Crippen LogP contribution in [0.3, 0.4) is 0 Å². The van der Waals surface area contributed by atoms with E-state index in [2.05, 4.69) is 0 Å². The quantitative estimate of drug-likeness (QED) is 0.282. The molecule has 0 bridgehead atoms. The Morgan fingerprint density at radius 3 is 2.57 bits per heavy atom. The van der Waals surface area contributed by atoms with E-state index in [0.717, 1.165) is 17.4 Å². The first-order chi connectivity index (χ1) is 13.3. The summed E-state index contributed by atoms with van der Waals surface area (Å²) in [6, 6.07) is 0.00172. The van der Waals surface area contributed by atoms with E-state index in [9.17, 15) is 23.1 Å². The molecule has 2 aromatic rings. The largest absolute Gasteiger partial charge is 0.506 e. The average molecular weight is 417 g/mol. The van der Waals surface area contributed by atoms with E-state index in [0.29, 0.717) is 12.7 Å². The van der Waals surface area contributed by atoms with Crippen molar-refractivity contribution >= 4 is 29.1 Å². The Hall–Kier alpha value is -2.13. The maximum Gasteiger partial charge on any atom is 0.344 e. The Balaban J connectivity index is 2.76. The molecule has 28 heavy (non-hydrogen) atoms. The van der Waals surface area contributed by atoms with Gasteiger partial charge < -0.3 is 19.1 Å². The van der Waals surface area contributed by atoms with Gasteiger partial charge >= 0.3 is 5.97 Å². The van der Waals surface area contributed by atoms with Crippen LogP contribution in [0.2, 0.25) is 0 Å². The summed E-state index contributed by atoms with van der Waals surface area (Å²) in [5, 5.41) is 10.1. The van der Waals surface area contributed by atoms with E-state index in [1.54, 1.807) is 13.8 Å². The third kappa shape index (κ3) is 4.15. The molecule has 5 nitrogen and oxygen atoms in total. The molecular weight excluding hydrogens is 395 g/mol. The standard InChI is InChI=1S/C19H22F3NO4S/c1-4-6-7-26-9-10(3)23-16-11(8-12(20)14(21)15(16)22)17(24)13(18(23)28)19(25)27-5-2/h8,10,24H,4-7,9H2,1-3H3/t10-/m0/s1. The number of rotatable bonds is 8. The van der Waals surface area contributed by atoms with Crippen molar-refractivity contribution in [2.24, 2.45) is 0 Å². The first-order valence-electron chi connectivity index (χ1n) is 8.95. The zero-order chi connectivity index (χ0) is 21.0. The van der Waals surface area contributed by atoms with Gasteiger partial charge in [-0.15, -0.1) is 0 Å². The highest BCUT2D eigenvalue weighted by molar-refractivity contribution is 7.71. The van der Waals surface area contributed by atoms with Crippen LogP contribution in [0.15, 0.2) is 6.07 Å². The smallest absolute Gasteiger partial charge is 0.344 e. The molecule has 0 aliphatic heterocycles. The van der Waals surface area contributed by atoms with Crippen molar-refractivity contribution < 1.29 is 32.5 Å². The summed E-state index contributed by atoms with van der Waals surface area (Å²) in [6.45, 7) is 5.75. The van der Waals surface area contributed by atoms with Gasteiger partial charge in [-0.2, -0.15) is 0 Å². The van der Waals surface area contributed by atoms with Crippen molar-refractivity contribution in [2.75, 3.05) is 19.8 Å². The maximum absolute atomic E-state index is 14.6. The number of nitrogens with zero attached hydrogens (tertiary/aromatic N) is 1. The van der Waals surface area contributed by atoms with Crippen LogP contribution >= 0.6 is 12.2 Å². The van der Waals surface area contributed by atoms with Gasteiger partial charge in [0.25, 0.3) is 0 Å². The number of halogens is 3. The van der Waals surface area contributed by atoms with Crippen molar-refractivity contribution in [1.29, 1.82) is 0 Å². The Labute approximate surface area is 165 Å². The van der Waals surface area contributed by atoms with E-state index in [4.69, 9.17) is 21.7 Å². The predicted octanol–water partition coefficient (Wildman–Crippen LogP) is 5.05. The average Bonchev–Trinajstić information content (AvgIpc) is 2.64. The van der Waals surface area contributed by atoms with Crippen molar-refractivity contribution in [2.45, 2.75) is 39.7 Å². The molecule has 0 saturated carbocycles. The van der Waals surface area contributed by atoms with E-state index >= 15 is 0 Å². The Bertz CT molecular complexity index is 945. The number of benzene rings is 1. The summed E-state index contributed by atoms with van der Waals surface area (Å²) in [5.41, 5.74) is -0.851. The molecular formula is C19H22F3NO4S. The first-order valence-corrected chi connectivity index (χ1v) is 9.36. The Morgan fingerprint density at radius 2 is 1.96 bits per heavy atom. The number of carbonyl (C=O) groups is 1. The van der Waals surface area contributed by atoms with Crippen LogP contribution in [-0.2, 0) is 9.47 Å². The topological polar surface area (TPSA) is 60.7 Å². The highest BCUT2D eigenvalue weighted by Gasteiger charge is 2.27. The lowest BCUT2D eigenvalue weighted by molar-refractivity contribution is 0.0520. The number of fused-ring (bicyclic) bond motifs is 1. The van der Waals surface area contributed by atoms with Gasteiger partial charge in [0.2, 0.25) is 0 Å². The maximum atomic E-state index is 14.6. The van der Waals surface area contributed by atoms with Gasteiger partial charge in [-0.25, -0.2) is 18.0 Å². The number of unbranched alkanes of at least 4 members (excludes halogenated alkanes) is 1. The molecule has 0 aliphatic rings. The van der Waals surface area contributed by atoms with Crippen LogP contribution < -0.4 is 0 Å². The molecule has 154 valence electrons. The van der Waals surface area contributed by atoms with Gasteiger partial charge in [-0.1, -0.05) is 25.6 Å². The zero-order valence-electron chi connectivity index (χ0n) is 15.9. The fourth-order valence-corrected chi connectivity index (χ4v) is 3.29. The van der Waals surface area contributed by atoms with Crippen molar-refractivity contribution in [1.82, 2.24) is 4.57 Å². The van der Waals surface area contributed by atoms with Crippen molar-refractivity contribution in [3.8, 4) is 5.75 Å². The second-order valence-corrected chi connectivity index (χ2v) is 6.67. The normalized spacial score (nSPS) is 12.4. The van der Waals surface area contributed by atoms with Crippen LogP contribution in [0.4, 0.5) is 13.2 Å². The lowest BCUT2D eigenvalue weighted by atomic mass is 10.1. The Morgan fingerprint density at radius 1 is 1.29 bits per heavy atom. The number of aromatic hydroxyl groups is 1. The van der Waals surface area contributed by atoms with Crippen LogP contribution in [0, 0.1) is 22.1 Å². The van der Waals surface area contributed by atoms with Crippen LogP contribution in [0.5, 0.6) is 5.75 Å². The Kier molecular flexibility index (Phi) is 7.42. The number of carbonyl (C=O) groups excluding carboxylic acids is 1. The number of hydrogen-bond donors (Lipinski definition) is 1. The van der Waals surface area contributed by atoms with Gasteiger partial charge in [0.1, 0.15) is 16.0 Å². The number of ether oxygens (including phenoxy) is 2. The van der Waals surface area contributed by atoms with E-state index < -0.39 is 46.3 Å². The van der Waals surface area contributed by atoms with E-state index in [1.807, 2.05) is 6.92 Å². The van der Waals surface area contributed by atoms with Gasteiger partial charge in [-0.3, -0.25) is 0 Å². The van der Waals surface area contributed by atoms with E-state index in [-0.39, 0.29) is 23.2 Å². The minimum atomic E-state index is -1.70. The highest BCUT2D eigenvalue weighted by Crippen LogP contribution is 2.36. The summed E-state index contributed by atoms with van der Waals surface area (Å²) < 4.78 is 53.6. The van der Waals surface area contributed by atoms with Crippen molar-refractivity contribution in [3.63, 3.8) is 0 Å². The fourth-order valence-electron chi connectivity index (χ4n) is 2.84. The molecule has 0 spiro atoms. The summed E-state index contributed by atoms with van der Waals surface area (Å²) in [7, 11) is 0. The first kappa shape index (κ1) is 22.2. The molecule has 9 heteroatoms. The molecule has 1 aromatic carbocycles. The molecule has 2 rings (SSSR count). The predicted molar refractivity (Wildman–Crippen MR) is 101 cm³/mol. The third-order valence-corrected chi connectivity index (χ3v) is 4.62. The fraction of sp³-hybridized carbons (Fsp3) is 0.474. The second-order valence-electron chi connectivity index (χ2n) is 6.28. The molecule has 0 fully saturated rings. The molecule has 1 atom stereocenters. The molecule has 1 N–H and O–H groups in total. The lowest BCUT2D eigenvalue weighted by Crippen LogP contribution is -2.19. The molecule has 0 aliphatic carbocycles. The second kappa shape index (κ2) is 9.38. The summed E-state index contributed by atoms with van der Waals surface area (Å²) in [4.78, 5) is 12.3.